The number of thioether (sulfide) groups is 1. The molecule has 0 radical (unpaired) electrons. The van der Waals surface area contributed by atoms with Crippen molar-refractivity contribution in [1.82, 2.24) is 4.98 Å². The monoisotopic (exact) mass is 291 g/mol. The third-order valence-electron chi connectivity index (χ3n) is 2.58. The van der Waals surface area contributed by atoms with Gasteiger partial charge in [-0.25, -0.2) is 9.78 Å². The molecule has 0 aliphatic carbocycles. The summed E-state index contributed by atoms with van der Waals surface area (Å²) in [5, 5.41) is 8.98. The van der Waals surface area contributed by atoms with E-state index in [1.54, 1.807) is 11.3 Å². The molecule has 2 heterocycles. The Morgan fingerprint density at radius 3 is 3.00 bits per heavy atom. The smallest absolute Gasteiger partial charge is 0.339 e. The number of para-hydroxylation sites is 1. The number of carbonyl (C=O) groups is 1. The van der Waals surface area contributed by atoms with Gasteiger partial charge in [0.1, 0.15) is 11.3 Å². The number of nitrogens with zero attached hydrogens (tertiary/aromatic N) is 1. The van der Waals surface area contributed by atoms with Crippen molar-refractivity contribution in [3.05, 3.63) is 47.9 Å². The summed E-state index contributed by atoms with van der Waals surface area (Å²) in [7, 11) is 0. The highest BCUT2D eigenvalue weighted by Gasteiger charge is 2.14. The number of aromatic carboxylic acids is 1. The normalized spacial score (nSPS) is 10.9. The molecule has 2 aromatic heterocycles. The zero-order valence-corrected chi connectivity index (χ0v) is 11.3. The minimum Gasteiger partial charge on any atom is -0.478 e. The number of hydrogen-bond acceptors (Lipinski definition) is 5. The van der Waals surface area contributed by atoms with Crippen molar-refractivity contribution in [3.8, 4) is 0 Å². The van der Waals surface area contributed by atoms with E-state index in [4.69, 9.17) is 9.52 Å². The Hall–Kier alpha value is -1.79. The maximum atomic E-state index is 11.0. The number of fused-ring (bicyclic) bond motifs is 1. The van der Waals surface area contributed by atoms with E-state index in [0.29, 0.717) is 11.5 Å². The molecule has 0 bridgehead atoms. The number of carboxylic acid groups (broad SMARTS) is 1. The van der Waals surface area contributed by atoms with E-state index in [9.17, 15) is 4.79 Å². The molecule has 0 saturated heterocycles. The van der Waals surface area contributed by atoms with E-state index in [1.165, 1.54) is 24.1 Å². The summed E-state index contributed by atoms with van der Waals surface area (Å²) in [4.78, 5) is 15.4. The largest absolute Gasteiger partial charge is 0.478 e. The molecule has 0 spiro atoms. The lowest BCUT2D eigenvalue weighted by molar-refractivity contribution is 0.0695. The maximum absolute atomic E-state index is 11.0. The topological polar surface area (TPSA) is 63.3 Å². The van der Waals surface area contributed by atoms with Crippen molar-refractivity contribution in [2.75, 3.05) is 0 Å². The fourth-order valence-corrected chi connectivity index (χ4v) is 3.70. The van der Waals surface area contributed by atoms with E-state index in [2.05, 4.69) is 4.98 Å². The molecule has 4 nitrogen and oxygen atoms in total. The minimum atomic E-state index is -0.964. The molecule has 0 aliphatic heterocycles. The van der Waals surface area contributed by atoms with Gasteiger partial charge in [0.05, 0.1) is 22.2 Å². The average Bonchev–Trinajstić information content (AvgIpc) is 3.02. The Kier molecular flexibility index (Phi) is 3.27. The summed E-state index contributed by atoms with van der Waals surface area (Å²) in [5.74, 6) is -0.0283. The Morgan fingerprint density at radius 1 is 1.37 bits per heavy atom. The SMILES string of the molecule is O=C(O)c1ccoc1CSc1nc2ccccc2s1. The van der Waals surface area contributed by atoms with Crippen LogP contribution in [0.15, 0.2) is 45.4 Å². The molecule has 1 aromatic carbocycles. The quantitative estimate of drug-likeness (QED) is 0.739. The molecule has 19 heavy (non-hydrogen) atoms. The van der Waals surface area contributed by atoms with E-state index in [0.717, 1.165) is 14.6 Å². The molecule has 0 saturated carbocycles. The second-order valence-corrected chi connectivity index (χ2v) is 6.05. The third kappa shape index (κ3) is 2.50. The Morgan fingerprint density at radius 2 is 2.21 bits per heavy atom. The van der Waals surface area contributed by atoms with Gasteiger partial charge in [0.15, 0.2) is 4.34 Å². The van der Waals surface area contributed by atoms with E-state index in [-0.39, 0.29) is 5.56 Å². The Bertz CT molecular complexity index is 699. The first-order valence-electron chi connectivity index (χ1n) is 5.52. The highest BCUT2D eigenvalue weighted by Crippen LogP contribution is 2.32. The molecule has 0 fully saturated rings. The minimum absolute atomic E-state index is 0.216. The second-order valence-electron chi connectivity index (χ2n) is 3.80. The number of benzene rings is 1. The van der Waals surface area contributed by atoms with E-state index >= 15 is 0 Å². The second kappa shape index (κ2) is 5.07. The zero-order chi connectivity index (χ0) is 13.2. The van der Waals surface area contributed by atoms with Gasteiger partial charge in [-0.2, -0.15) is 0 Å². The summed E-state index contributed by atoms with van der Waals surface area (Å²) < 4.78 is 7.24. The van der Waals surface area contributed by atoms with Crippen LogP contribution in [-0.4, -0.2) is 16.1 Å². The number of hydrogen-bond donors (Lipinski definition) is 1. The number of thiazole rings is 1. The van der Waals surface area contributed by atoms with E-state index in [1.807, 2.05) is 24.3 Å². The van der Waals surface area contributed by atoms with Crippen LogP contribution in [0, 0.1) is 0 Å². The van der Waals surface area contributed by atoms with Crippen molar-refractivity contribution in [3.63, 3.8) is 0 Å². The molecule has 3 aromatic rings. The third-order valence-corrected chi connectivity index (χ3v) is 4.76. The molecule has 3 rings (SSSR count). The van der Waals surface area contributed by atoms with Gasteiger partial charge in [0, 0.05) is 0 Å². The first kappa shape index (κ1) is 12.3. The van der Waals surface area contributed by atoms with Gasteiger partial charge in [-0.15, -0.1) is 11.3 Å². The van der Waals surface area contributed by atoms with Crippen LogP contribution in [-0.2, 0) is 5.75 Å². The van der Waals surface area contributed by atoms with Crippen LogP contribution in [0.3, 0.4) is 0 Å². The molecular weight excluding hydrogens is 282 g/mol. The zero-order valence-electron chi connectivity index (χ0n) is 9.70. The predicted octanol–water partition coefficient (Wildman–Crippen LogP) is 3.88. The molecular formula is C13H9NO3S2. The van der Waals surface area contributed by atoms with Crippen LogP contribution in [0.4, 0.5) is 0 Å². The number of aromatic nitrogens is 1. The molecule has 6 heteroatoms. The first-order valence-corrected chi connectivity index (χ1v) is 7.32. The van der Waals surface area contributed by atoms with Gasteiger partial charge in [0.25, 0.3) is 0 Å². The summed E-state index contributed by atoms with van der Waals surface area (Å²) in [6, 6.07) is 9.38. The Balaban J connectivity index is 1.78. The Labute approximate surface area is 117 Å². The number of carboxylic acids is 1. The van der Waals surface area contributed by atoms with Gasteiger partial charge in [-0.3, -0.25) is 0 Å². The highest BCUT2D eigenvalue weighted by atomic mass is 32.2. The lowest BCUT2D eigenvalue weighted by atomic mass is 10.3. The lowest BCUT2D eigenvalue weighted by Crippen LogP contribution is -1.97. The summed E-state index contributed by atoms with van der Waals surface area (Å²) in [6.45, 7) is 0. The lowest BCUT2D eigenvalue weighted by Gasteiger charge is -1.96. The molecule has 0 unspecified atom stereocenters. The first-order chi connectivity index (χ1) is 9.24. The van der Waals surface area contributed by atoms with Crippen molar-refractivity contribution in [1.29, 1.82) is 0 Å². The summed E-state index contributed by atoms with van der Waals surface area (Å²) >= 11 is 3.08. The molecule has 0 atom stereocenters. The van der Waals surface area contributed by atoms with Crippen LogP contribution in [0.1, 0.15) is 16.1 Å². The van der Waals surface area contributed by atoms with Crippen LogP contribution in [0.2, 0.25) is 0 Å². The van der Waals surface area contributed by atoms with Crippen molar-refractivity contribution >= 4 is 39.3 Å². The van der Waals surface area contributed by atoms with E-state index < -0.39 is 5.97 Å². The van der Waals surface area contributed by atoms with Gasteiger partial charge < -0.3 is 9.52 Å². The van der Waals surface area contributed by atoms with Crippen molar-refractivity contribution in [2.45, 2.75) is 10.1 Å². The van der Waals surface area contributed by atoms with Crippen LogP contribution < -0.4 is 0 Å². The van der Waals surface area contributed by atoms with Gasteiger partial charge in [-0.1, -0.05) is 23.9 Å². The fraction of sp³-hybridized carbons (Fsp3) is 0.0769. The molecule has 1 N–H and O–H groups in total. The summed E-state index contributed by atoms with van der Waals surface area (Å²) in [5.41, 5.74) is 1.18. The number of furan rings is 1. The average molecular weight is 291 g/mol. The molecule has 0 aliphatic rings. The van der Waals surface area contributed by atoms with Crippen LogP contribution >= 0.6 is 23.1 Å². The highest BCUT2D eigenvalue weighted by molar-refractivity contribution is 8.00. The predicted molar refractivity (Wildman–Crippen MR) is 74.8 cm³/mol. The van der Waals surface area contributed by atoms with Gasteiger partial charge in [-0.05, 0) is 18.2 Å². The van der Waals surface area contributed by atoms with Crippen LogP contribution in [0.5, 0.6) is 0 Å². The summed E-state index contributed by atoms with van der Waals surface area (Å²) in [6.07, 6.45) is 1.40. The number of rotatable bonds is 4. The van der Waals surface area contributed by atoms with Crippen molar-refractivity contribution < 1.29 is 14.3 Å². The fourth-order valence-electron chi connectivity index (χ4n) is 1.68. The van der Waals surface area contributed by atoms with Crippen LogP contribution in [0.25, 0.3) is 10.2 Å². The van der Waals surface area contributed by atoms with Gasteiger partial charge in [0.2, 0.25) is 0 Å². The standard InChI is InChI=1S/C13H9NO3S2/c15-12(16)8-5-6-17-10(8)7-18-13-14-9-3-1-2-4-11(9)19-13/h1-6H,7H2,(H,15,16). The van der Waals surface area contributed by atoms with Crippen molar-refractivity contribution in [2.24, 2.45) is 0 Å². The molecule has 96 valence electrons. The van der Waals surface area contributed by atoms with Gasteiger partial charge >= 0.3 is 5.97 Å². The maximum Gasteiger partial charge on any atom is 0.339 e. The molecule has 0 amide bonds.